The second-order valence-electron chi connectivity index (χ2n) is 5.74. The summed E-state index contributed by atoms with van der Waals surface area (Å²) in [5.74, 6) is 0.223. The van der Waals surface area contributed by atoms with Gasteiger partial charge in [-0.3, -0.25) is 9.54 Å². The molecule has 1 unspecified atom stereocenters. The number of aliphatic hydroxyl groups is 3. The van der Waals surface area contributed by atoms with Crippen molar-refractivity contribution in [1.82, 2.24) is 4.98 Å². The number of hydrogen-bond acceptors (Lipinski definition) is 8. The van der Waals surface area contributed by atoms with Crippen LogP contribution in [0, 0.1) is 0 Å². The van der Waals surface area contributed by atoms with Crippen molar-refractivity contribution in [3.63, 3.8) is 0 Å². The molecule has 1 saturated heterocycles. The van der Waals surface area contributed by atoms with E-state index >= 15 is 0 Å². The molecule has 0 amide bonds. The average Bonchev–Trinajstić information content (AvgIpc) is 2.62. The molecule has 10 heteroatoms. The SMILES string of the molecule is O=S(=O)(O)C1O[C@@H](Oc2cccc(-c3ccncc3)c2)[C@H](O)[C@@H](O)[C@@H]1O. The molecule has 1 aliphatic rings. The summed E-state index contributed by atoms with van der Waals surface area (Å²) in [4.78, 5) is 3.93. The van der Waals surface area contributed by atoms with Gasteiger partial charge in [0.2, 0.25) is 11.7 Å². The minimum Gasteiger partial charge on any atom is -0.462 e. The van der Waals surface area contributed by atoms with Crippen LogP contribution in [0.5, 0.6) is 5.75 Å². The molecule has 0 spiro atoms. The predicted octanol–water partition coefficient (Wildman–Crippen LogP) is -0.220. The van der Waals surface area contributed by atoms with Gasteiger partial charge < -0.3 is 24.8 Å². The van der Waals surface area contributed by atoms with E-state index in [1.807, 2.05) is 0 Å². The first-order valence-electron chi connectivity index (χ1n) is 7.60. The number of rotatable bonds is 4. The number of aromatic nitrogens is 1. The lowest BCUT2D eigenvalue weighted by atomic mass is 10.1. The topological polar surface area (TPSA) is 146 Å². The van der Waals surface area contributed by atoms with E-state index in [2.05, 4.69) is 4.98 Å². The van der Waals surface area contributed by atoms with Crippen molar-refractivity contribution >= 4 is 10.1 Å². The molecule has 140 valence electrons. The molecule has 1 aromatic heterocycles. The number of benzene rings is 1. The van der Waals surface area contributed by atoms with Gasteiger partial charge in [0.05, 0.1) is 0 Å². The fourth-order valence-corrected chi connectivity index (χ4v) is 3.35. The van der Waals surface area contributed by atoms with E-state index in [0.29, 0.717) is 0 Å². The zero-order valence-electron chi connectivity index (χ0n) is 13.3. The molecule has 3 rings (SSSR count). The van der Waals surface area contributed by atoms with Crippen molar-refractivity contribution in [1.29, 1.82) is 0 Å². The van der Waals surface area contributed by atoms with Crippen LogP contribution in [0.1, 0.15) is 0 Å². The zero-order valence-corrected chi connectivity index (χ0v) is 14.1. The van der Waals surface area contributed by atoms with Crippen LogP contribution in [0.2, 0.25) is 0 Å². The van der Waals surface area contributed by atoms with Crippen LogP contribution >= 0.6 is 0 Å². The lowest BCUT2D eigenvalue weighted by Crippen LogP contribution is -2.61. The van der Waals surface area contributed by atoms with Gasteiger partial charge in [0.25, 0.3) is 10.1 Å². The molecule has 2 aromatic rings. The Morgan fingerprint density at radius 2 is 1.65 bits per heavy atom. The number of pyridine rings is 1. The van der Waals surface area contributed by atoms with Gasteiger partial charge in [-0.25, -0.2) is 0 Å². The Morgan fingerprint density at radius 3 is 2.31 bits per heavy atom. The maximum atomic E-state index is 11.3. The van der Waals surface area contributed by atoms with E-state index < -0.39 is 40.2 Å². The highest BCUT2D eigenvalue weighted by Gasteiger charge is 2.50. The number of hydrogen-bond donors (Lipinski definition) is 4. The molecule has 0 saturated carbocycles. The molecule has 0 radical (unpaired) electrons. The Labute approximate surface area is 149 Å². The lowest BCUT2D eigenvalue weighted by molar-refractivity contribution is -0.254. The Balaban J connectivity index is 1.84. The van der Waals surface area contributed by atoms with Crippen LogP contribution in [0.25, 0.3) is 11.1 Å². The molecule has 1 fully saturated rings. The first kappa shape index (κ1) is 18.7. The van der Waals surface area contributed by atoms with E-state index in [0.717, 1.165) is 11.1 Å². The van der Waals surface area contributed by atoms with Crippen molar-refractivity contribution in [3.05, 3.63) is 48.8 Å². The van der Waals surface area contributed by atoms with Crippen molar-refractivity contribution in [2.75, 3.05) is 0 Å². The fraction of sp³-hybridized carbons (Fsp3) is 0.312. The van der Waals surface area contributed by atoms with E-state index in [1.165, 1.54) is 0 Å². The Morgan fingerprint density at radius 1 is 0.962 bits per heavy atom. The summed E-state index contributed by atoms with van der Waals surface area (Å²) in [5.41, 5.74) is -0.529. The summed E-state index contributed by atoms with van der Waals surface area (Å²) >= 11 is 0. The zero-order chi connectivity index (χ0) is 18.9. The van der Waals surface area contributed by atoms with Crippen molar-refractivity contribution < 1.29 is 37.8 Å². The number of aliphatic hydroxyl groups excluding tert-OH is 3. The highest BCUT2D eigenvalue weighted by atomic mass is 32.2. The highest BCUT2D eigenvalue weighted by molar-refractivity contribution is 7.86. The van der Waals surface area contributed by atoms with Gasteiger partial charge in [-0.1, -0.05) is 12.1 Å². The Bertz CT molecular complexity index is 860. The van der Waals surface area contributed by atoms with Gasteiger partial charge >= 0.3 is 0 Å². The summed E-state index contributed by atoms with van der Waals surface area (Å²) < 4.78 is 42.1. The molecule has 0 bridgehead atoms. The van der Waals surface area contributed by atoms with Crippen LogP contribution in [-0.2, 0) is 14.9 Å². The van der Waals surface area contributed by atoms with Gasteiger partial charge in [-0.2, -0.15) is 8.42 Å². The summed E-state index contributed by atoms with van der Waals surface area (Å²) in [6.45, 7) is 0. The standard InChI is InChI=1S/C16H17NO8S/c18-12-13(19)15(25-16(14(12)20)26(21,22)23)24-11-3-1-2-10(8-11)9-4-6-17-7-5-9/h1-8,12-16,18-20H,(H,21,22,23)/t12-,13-,14+,15-,16?/m1/s1. The van der Waals surface area contributed by atoms with E-state index in [-0.39, 0.29) is 5.75 Å². The first-order chi connectivity index (χ1) is 12.3. The van der Waals surface area contributed by atoms with Crippen LogP contribution in [0.3, 0.4) is 0 Å². The van der Waals surface area contributed by atoms with E-state index in [1.54, 1.807) is 48.8 Å². The molecule has 1 aromatic carbocycles. The lowest BCUT2D eigenvalue weighted by Gasteiger charge is -2.38. The monoisotopic (exact) mass is 383 g/mol. The molecular weight excluding hydrogens is 366 g/mol. The van der Waals surface area contributed by atoms with Crippen LogP contribution in [-0.4, -0.2) is 63.3 Å². The van der Waals surface area contributed by atoms with Gasteiger partial charge in [0, 0.05) is 12.4 Å². The Kier molecular flexibility index (Phi) is 5.23. The molecule has 5 atom stereocenters. The van der Waals surface area contributed by atoms with Gasteiger partial charge in [-0.15, -0.1) is 0 Å². The average molecular weight is 383 g/mol. The third-order valence-corrected chi connectivity index (χ3v) is 4.90. The minimum atomic E-state index is -4.84. The summed E-state index contributed by atoms with van der Waals surface area (Å²) in [5, 5.41) is 29.5. The molecule has 1 aliphatic heterocycles. The summed E-state index contributed by atoms with van der Waals surface area (Å²) in [6.07, 6.45) is -4.02. The summed E-state index contributed by atoms with van der Waals surface area (Å²) in [6, 6.07) is 10.2. The van der Waals surface area contributed by atoms with Crippen molar-refractivity contribution in [2.24, 2.45) is 0 Å². The summed E-state index contributed by atoms with van der Waals surface area (Å²) in [7, 11) is -4.84. The van der Waals surface area contributed by atoms with Crippen molar-refractivity contribution in [2.45, 2.75) is 30.0 Å². The number of ether oxygens (including phenoxy) is 2. The maximum absolute atomic E-state index is 11.3. The molecule has 2 heterocycles. The van der Waals surface area contributed by atoms with Crippen LogP contribution in [0.15, 0.2) is 48.8 Å². The van der Waals surface area contributed by atoms with E-state index in [9.17, 15) is 23.7 Å². The maximum Gasteiger partial charge on any atom is 0.295 e. The second-order valence-corrected chi connectivity index (χ2v) is 7.24. The molecule has 0 aliphatic carbocycles. The molecule has 4 N–H and O–H groups in total. The van der Waals surface area contributed by atoms with Gasteiger partial charge in [0.15, 0.2) is 0 Å². The third-order valence-electron chi connectivity index (χ3n) is 3.92. The largest absolute Gasteiger partial charge is 0.462 e. The quantitative estimate of drug-likeness (QED) is 0.526. The van der Waals surface area contributed by atoms with Gasteiger partial charge in [0.1, 0.15) is 24.1 Å². The third kappa shape index (κ3) is 3.85. The fourth-order valence-electron chi connectivity index (χ4n) is 2.59. The minimum absolute atomic E-state index is 0.223. The normalized spacial score (nSPS) is 29.3. The second kappa shape index (κ2) is 7.27. The van der Waals surface area contributed by atoms with E-state index in [4.69, 9.17) is 14.0 Å². The molecule has 9 nitrogen and oxygen atoms in total. The molecule has 26 heavy (non-hydrogen) atoms. The van der Waals surface area contributed by atoms with Crippen LogP contribution in [0.4, 0.5) is 0 Å². The molecular formula is C16H17NO8S. The van der Waals surface area contributed by atoms with Crippen molar-refractivity contribution in [3.8, 4) is 16.9 Å². The number of nitrogens with zero attached hydrogens (tertiary/aromatic N) is 1. The van der Waals surface area contributed by atoms with Crippen LogP contribution < -0.4 is 4.74 Å². The Hall–Kier alpha value is -2.08. The van der Waals surface area contributed by atoms with Gasteiger partial charge in [-0.05, 0) is 35.4 Å². The predicted molar refractivity (Wildman–Crippen MR) is 88.5 cm³/mol. The first-order valence-corrected chi connectivity index (χ1v) is 9.11. The highest BCUT2D eigenvalue weighted by Crippen LogP contribution is 2.29. The smallest absolute Gasteiger partial charge is 0.295 e.